The van der Waals surface area contributed by atoms with Crippen molar-refractivity contribution in [1.82, 2.24) is 0 Å². The zero-order valence-corrected chi connectivity index (χ0v) is 8.76. The number of anilines is 1. The third kappa shape index (κ3) is 1.94. The highest BCUT2D eigenvalue weighted by Gasteiger charge is 2.07. The molecule has 0 amide bonds. The van der Waals surface area contributed by atoms with Gasteiger partial charge in [-0.05, 0) is 29.7 Å². The summed E-state index contributed by atoms with van der Waals surface area (Å²) in [5.74, 6) is 0. The lowest BCUT2D eigenvalue weighted by Gasteiger charge is -2.14. The van der Waals surface area contributed by atoms with Crippen LogP contribution in [0.3, 0.4) is 0 Å². The molecule has 0 fully saturated rings. The second-order valence-electron chi connectivity index (χ2n) is 3.33. The second kappa shape index (κ2) is 4.07. The molecule has 1 heterocycles. The Kier molecular flexibility index (Phi) is 2.79. The van der Waals surface area contributed by atoms with Gasteiger partial charge in [-0.2, -0.15) is 0 Å². The van der Waals surface area contributed by atoms with Crippen LogP contribution in [0.2, 0.25) is 0 Å². The Labute approximate surface area is 89.2 Å². The number of nitrogen functional groups attached to an aromatic ring is 1. The third-order valence-corrected chi connectivity index (χ3v) is 2.75. The van der Waals surface area contributed by atoms with Crippen molar-refractivity contribution in [3.8, 4) is 0 Å². The molecule has 1 aliphatic heterocycles. The molecule has 2 nitrogen and oxygen atoms in total. The molecule has 2 N–H and O–H groups in total. The van der Waals surface area contributed by atoms with E-state index in [1.54, 1.807) is 0 Å². The zero-order valence-electron chi connectivity index (χ0n) is 7.86. The summed E-state index contributed by atoms with van der Waals surface area (Å²) >= 11 is 4.30. The van der Waals surface area contributed by atoms with Gasteiger partial charge in [0.05, 0.1) is 13.2 Å². The number of benzene rings is 1. The van der Waals surface area contributed by atoms with Crippen molar-refractivity contribution in [2.75, 3.05) is 18.9 Å². The van der Waals surface area contributed by atoms with Gasteiger partial charge in [-0.3, -0.25) is 0 Å². The van der Waals surface area contributed by atoms with Crippen molar-refractivity contribution in [2.24, 2.45) is 0 Å². The number of nitrogens with two attached hydrogens (primary N) is 1. The van der Waals surface area contributed by atoms with Crippen LogP contribution >= 0.6 is 12.6 Å². The smallest absolute Gasteiger partial charge is 0.0653 e. The number of hydrogen-bond acceptors (Lipinski definition) is 3. The summed E-state index contributed by atoms with van der Waals surface area (Å²) in [7, 11) is 0. The summed E-state index contributed by atoms with van der Waals surface area (Å²) in [4.78, 5) is 0.842. The molecule has 1 aromatic carbocycles. The fourth-order valence-electron chi connectivity index (χ4n) is 1.53. The molecular weight excluding hydrogens is 194 g/mol. The van der Waals surface area contributed by atoms with E-state index in [1.165, 1.54) is 11.1 Å². The Morgan fingerprint density at radius 2 is 2.21 bits per heavy atom. The predicted octanol–water partition coefficient (Wildman–Crippen LogP) is 2.36. The van der Waals surface area contributed by atoms with Crippen LogP contribution in [-0.4, -0.2) is 13.2 Å². The molecule has 0 saturated carbocycles. The monoisotopic (exact) mass is 207 g/mol. The summed E-state index contributed by atoms with van der Waals surface area (Å²) in [5.41, 5.74) is 8.95. The number of rotatable bonds is 1. The maximum Gasteiger partial charge on any atom is 0.0653 e. The van der Waals surface area contributed by atoms with Gasteiger partial charge in [-0.1, -0.05) is 12.1 Å². The Bertz CT molecular complexity index is 374. The summed E-state index contributed by atoms with van der Waals surface area (Å²) in [6.45, 7) is 1.51. The van der Waals surface area contributed by atoms with Gasteiger partial charge in [0.25, 0.3) is 0 Å². The first-order valence-electron chi connectivity index (χ1n) is 4.63. The van der Waals surface area contributed by atoms with E-state index in [9.17, 15) is 0 Å². The van der Waals surface area contributed by atoms with Gasteiger partial charge in [0.2, 0.25) is 0 Å². The topological polar surface area (TPSA) is 35.2 Å². The van der Waals surface area contributed by atoms with E-state index in [1.807, 2.05) is 18.2 Å². The zero-order chi connectivity index (χ0) is 9.97. The molecule has 74 valence electrons. The highest BCUT2D eigenvalue weighted by atomic mass is 32.1. The lowest BCUT2D eigenvalue weighted by atomic mass is 10.0. The first-order chi connectivity index (χ1) is 6.77. The summed E-state index contributed by atoms with van der Waals surface area (Å²) in [6, 6.07) is 5.94. The van der Waals surface area contributed by atoms with Gasteiger partial charge in [0.1, 0.15) is 0 Å². The van der Waals surface area contributed by atoms with Crippen molar-refractivity contribution in [3.63, 3.8) is 0 Å². The fourth-order valence-corrected chi connectivity index (χ4v) is 1.75. The molecule has 1 aliphatic rings. The second-order valence-corrected chi connectivity index (χ2v) is 3.81. The quantitative estimate of drug-likeness (QED) is 0.547. The molecule has 1 aromatic rings. The van der Waals surface area contributed by atoms with Gasteiger partial charge >= 0.3 is 0 Å². The van der Waals surface area contributed by atoms with E-state index in [4.69, 9.17) is 10.5 Å². The number of thiol groups is 1. The average molecular weight is 207 g/mol. The van der Waals surface area contributed by atoms with Gasteiger partial charge in [0, 0.05) is 10.6 Å². The van der Waals surface area contributed by atoms with Crippen LogP contribution < -0.4 is 5.73 Å². The van der Waals surface area contributed by atoms with Crippen LogP contribution in [0.4, 0.5) is 5.69 Å². The molecule has 2 rings (SSSR count). The molecular formula is C11H13NOS. The number of hydrogen-bond donors (Lipinski definition) is 2. The van der Waals surface area contributed by atoms with Crippen molar-refractivity contribution in [1.29, 1.82) is 0 Å². The van der Waals surface area contributed by atoms with E-state index >= 15 is 0 Å². The van der Waals surface area contributed by atoms with Gasteiger partial charge in [-0.25, -0.2) is 0 Å². The first kappa shape index (κ1) is 9.62. The Morgan fingerprint density at radius 3 is 2.86 bits per heavy atom. The molecule has 3 heteroatoms. The maximum absolute atomic E-state index is 5.70. The third-order valence-electron chi connectivity index (χ3n) is 2.36. The van der Waals surface area contributed by atoms with Crippen LogP contribution in [0.1, 0.15) is 12.0 Å². The average Bonchev–Trinajstić information content (AvgIpc) is 2.23. The SMILES string of the molecule is Nc1ccc(C2=CCOCC2)cc1S. The molecule has 14 heavy (non-hydrogen) atoms. The van der Waals surface area contributed by atoms with Crippen molar-refractivity contribution in [3.05, 3.63) is 29.8 Å². The lowest BCUT2D eigenvalue weighted by molar-refractivity contribution is 0.161. The van der Waals surface area contributed by atoms with Crippen LogP contribution in [-0.2, 0) is 4.74 Å². The maximum atomic E-state index is 5.70. The van der Waals surface area contributed by atoms with Gasteiger partial charge in [-0.15, -0.1) is 12.6 Å². The van der Waals surface area contributed by atoms with E-state index < -0.39 is 0 Å². The van der Waals surface area contributed by atoms with E-state index in [2.05, 4.69) is 18.7 Å². The van der Waals surface area contributed by atoms with Crippen LogP contribution in [0.15, 0.2) is 29.2 Å². The van der Waals surface area contributed by atoms with Gasteiger partial charge < -0.3 is 10.5 Å². The molecule has 0 atom stereocenters. The summed E-state index contributed by atoms with van der Waals surface area (Å²) in [5, 5.41) is 0. The highest BCUT2D eigenvalue weighted by Crippen LogP contribution is 2.26. The van der Waals surface area contributed by atoms with Crippen molar-refractivity contribution < 1.29 is 4.74 Å². The molecule has 0 saturated heterocycles. The van der Waals surface area contributed by atoms with E-state index in [-0.39, 0.29) is 0 Å². The molecule has 0 aromatic heterocycles. The fraction of sp³-hybridized carbons (Fsp3) is 0.273. The Balaban J connectivity index is 2.32. The van der Waals surface area contributed by atoms with Crippen molar-refractivity contribution in [2.45, 2.75) is 11.3 Å². The Hall–Kier alpha value is -0.930. The minimum atomic E-state index is 0.710. The minimum Gasteiger partial charge on any atom is -0.398 e. The van der Waals surface area contributed by atoms with Crippen molar-refractivity contribution >= 4 is 23.9 Å². The normalized spacial score (nSPS) is 16.5. The first-order valence-corrected chi connectivity index (χ1v) is 5.08. The van der Waals surface area contributed by atoms with E-state index in [0.29, 0.717) is 6.61 Å². The molecule has 0 bridgehead atoms. The van der Waals surface area contributed by atoms with Crippen LogP contribution in [0.5, 0.6) is 0 Å². The Morgan fingerprint density at radius 1 is 1.36 bits per heavy atom. The largest absolute Gasteiger partial charge is 0.398 e. The molecule has 0 spiro atoms. The molecule has 0 aliphatic carbocycles. The number of ether oxygens (including phenoxy) is 1. The lowest BCUT2D eigenvalue weighted by Crippen LogP contribution is -2.03. The summed E-state index contributed by atoms with van der Waals surface area (Å²) in [6.07, 6.45) is 3.08. The van der Waals surface area contributed by atoms with E-state index in [0.717, 1.165) is 23.6 Å². The highest BCUT2D eigenvalue weighted by molar-refractivity contribution is 7.80. The van der Waals surface area contributed by atoms with Gasteiger partial charge in [0.15, 0.2) is 0 Å². The molecule has 0 radical (unpaired) electrons. The van der Waals surface area contributed by atoms with Crippen LogP contribution in [0, 0.1) is 0 Å². The van der Waals surface area contributed by atoms with Crippen LogP contribution in [0.25, 0.3) is 5.57 Å². The molecule has 0 unspecified atom stereocenters. The summed E-state index contributed by atoms with van der Waals surface area (Å²) < 4.78 is 5.25. The predicted molar refractivity (Wildman–Crippen MR) is 61.5 cm³/mol. The minimum absolute atomic E-state index is 0.710. The standard InChI is InChI=1S/C11H13NOS/c12-10-2-1-9(7-11(10)14)8-3-5-13-6-4-8/h1-3,7,14H,4-6,12H2.